The number of hydrogen-bond acceptors (Lipinski definition) is 5. The second-order valence-electron chi connectivity index (χ2n) is 3.49. The number of carboxylic acid groups (broad SMARTS) is 1. The molecule has 7 nitrogen and oxygen atoms in total. The number of sulfonamides is 1. The maximum Gasteiger partial charge on any atom is 0.323 e. The maximum atomic E-state index is 11.8. The summed E-state index contributed by atoms with van der Waals surface area (Å²) in [6.07, 6.45) is 0. The molecule has 0 spiro atoms. The van der Waals surface area contributed by atoms with Gasteiger partial charge in [-0.05, 0) is 6.92 Å². The van der Waals surface area contributed by atoms with Crippen molar-refractivity contribution >= 4 is 16.0 Å². The molecule has 0 aromatic carbocycles. The first-order valence-corrected chi connectivity index (χ1v) is 6.25. The summed E-state index contributed by atoms with van der Waals surface area (Å²) < 4.78 is 24.6. The van der Waals surface area contributed by atoms with Crippen LogP contribution in [-0.2, 0) is 14.8 Å². The van der Waals surface area contributed by atoms with E-state index in [-0.39, 0.29) is 13.1 Å². The van der Waals surface area contributed by atoms with E-state index in [1.807, 2.05) is 0 Å². The van der Waals surface area contributed by atoms with Gasteiger partial charge in [0.05, 0.1) is 6.07 Å². The lowest BCUT2D eigenvalue weighted by molar-refractivity contribution is -0.141. The van der Waals surface area contributed by atoms with Gasteiger partial charge in [0.25, 0.3) is 0 Å². The minimum Gasteiger partial charge on any atom is -0.480 e. The van der Waals surface area contributed by atoms with Crippen molar-refractivity contribution < 1.29 is 18.3 Å². The van der Waals surface area contributed by atoms with Crippen LogP contribution < -0.4 is 5.32 Å². The van der Waals surface area contributed by atoms with E-state index in [2.05, 4.69) is 5.32 Å². The van der Waals surface area contributed by atoms with Gasteiger partial charge in [0.2, 0.25) is 10.0 Å². The van der Waals surface area contributed by atoms with Crippen molar-refractivity contribution in [2.24, 2.45) is 0 Å². The molecule has 8 heteroatoms. The second kappa shape index (κ2) is 4.78. The Hall–Kier alpha value is -1.17. The molecule has 0 bridgehead atoms. The van der Waals surface area contributed by atoms with Gasteiger partial charge in [-0.25, -0.2) is 8.42 Å². The van der Waals surface area contributed by atoms with Crippen molar-refractivity contribution in [1.29, 1.82) is 5.26 Å². The Kier molecular flexibility index (Phi) is 3.85. The van der Waals surface area contributed by atoms with Crippen LogP contribution in [0.15, 0.2) is 0 Å². The number of rotatable bonds is 3. The van der Waals surface area contributed by atoms with E-state index < -0.39 is 27.3 Å². The summed E-state index contributed by atoms with van der Waals surface area (Å²) in [5, 5.41) is 19.1. The van der Waals surface area contributed by atoms with E-state index in [1.165, 1.54) is 6.92 Å². The fraction of sp³-hybridized carbons (Fsp3) is 0.750. The molecule has 1 rings (SSSR count). The van der Waals surface area contributed by atoms with Crippen LogP contribution in [0.25, 0.3) is 0 Å². The van der Waals surface area contributed by atoms with E-state index in [4.69, 9.17) is 10.4 Å². The normalized spacial score (nSPS) is 24.6. The Morgan fingerprint density at radius 1 is 1.69 bits per heavy atom. The van der Waals surface area contributed by atoms with Crippen molar-refractivity contribution in [3.05, 3.63) is 0 Å². The number of nitriles is 1. The summed E-state index contributed by atoms with van der Waals surface area (Å²) in [7, 11) is -3.85. The SMILES string of the molecule is CC(C#N)S(=O)(=O)N1CCNCC1C(=O)O. The molecular formula is C8H13N3O4S. The quantitative estimate of drug-likeness (QED) is 0.633. The molecule has 0 aliphatic carbocycles. The molecule has 2 atom stereocenters. The molecule has 0 saturated carbocycles. The van der Waals surface area contributed by atoms with Crippen molar-refractivity contribution in [3.8, 4) is 6.07 Å². The smallest absolute Gasteiger partial charge is 0.323 e. The largest absolute Gasteiger partial charge is 0.480 e. The maximum absolute atomic E-state index is 11.8. The first-order chi connectivity index (χ1) is 7.41. The second-order valence-corrected chi connectivity index (χ2v) is 5.69. The lowest BCUT2D eigenvalue weighted by Crippen LogP contribution is -2.58. The highest BCUT2D eigenvalue weighted by molar-refractivity contribution is 7.90. The predicted molar refractivity (Wildman–Crippen MR) is 55.0 cm³/mol. The minimum absolute atomic E-state index is 0.0622. The number of carboxylic acids is 1. The highest BCUT2D eigenvalue weighted by Gasteiger charge is 2.39. The number of nitrogens with zero attached hydrogens (tertiary/aromatic N) is 2. The monoisotopic (exact) mass is 247 g/mol. The Morgan fingerprint density at radius 2 is 2.31 bits per heavy atom. The van der Waals surface area contributed by atoms with Crippen molar-refractivity contribution in [2.75, 3.05) is 19.6 Å². The lowest BCUT2D eigenvalue weighted by atomic mass is 10.2. The summed E-state index contributed by atoms with van der Waals surface area (Å²) in [6.45, 7) is 1.77. The van der Waals surface area contributed by atoms with Crippen molar-refractivity contribution in [3.63, 3.8) is 0 Å². The molecule has 90 valence electrons. The van der Waals surface area contributed by atoms with Crippen molar-refractivity contribution in [2.45, 2.75) is 18.2 Å². The average Bonchev–Trinajstić information content (AvgIpc) is 2.27. The van der Waals surface area contributed by atoms with Gasteiger partial charge in [0.1, 0.15) is 6.04 Å². The number of piperazine rings is 1. The zero-order chi connectivity index (χ0) is 12.3. The number of nitrogens with one attached hydrogen (secondary N) is 1. The standard InChI is InChI=1S/C8H13N3O4S/c1-6(4-9)16(14,15)11-3-2-10-5-7(11)8(12)13/h6-7,10H,2-3,5H2,1H3,(H,12,13). The van der Waals surface area contributed by atoms with Crippen LogP contribution in [0.5, 0.6) is 0 Å². The first kappa shape index (κ1) is 12.9. The fourth-order valence-electron chi connectivity index (χ4n) is 1.47. The number of aliphatic carboxylic acids is 1. The fourth-order valence-corrected chi connectivity index (χ4v) is 2.88. The first-order valence-electron chi connectivity index (χ1n) is 4.75. The third-order valence-corrected chi connectivity index (χ3v) is 4.52. The van der Waals surface area contributed by atoms with Gasteiger partial charge < -0.3 is 10.4 Å². The Morgan fingerprint density at radius 3 is 2.81 bits per heavy atom. The van der Waals surface area contributed by atoms with Crippen LogP contribution >= 0.6 is 0 Å². The Labute approximate surface area is 93.7 Å². The summed E-state index contributed by atoms with van der Waals surface area (Å²) in [5.41, 5.74) is 0. The van der Waals surface area contributed by atoms with Crippen LogP contribution in [0.2, 0.25) is 0 Å². The zero-order valence-corrected chi connectivity index (χ0v) is 9.57. The average molecular weight is 247 g/mol. The van der Waals surface area contributed by atoms with Crippen LogP contribution in [0.1, 0.15) is 6.92 Å². The van der Waals surface area contributed by atoms with E-state index in [9.17, 15) is 13.2 Å². The Bertz CT molecular complexity index is 413. The molecule has 0 radical (unpaired) electrons. The summed E-state index contributed by atoms with van der Waals surface area (Å²) in [5.74, 6) is -1.21. The van der Waals surface area contributed by atoms with Gasteiger partial charge >= 0.3 is 5.97 Å². The van der Waals surface area contributed by atoms with Crippen LogP contribution in [0.3, 0.4) is 0 Å². The highest BCUT2D eigenvalue weighted by atomic mass is 32.2. The third kappa shape index (κ3) is 2.32. The van der Waals surface area contributed by atoms with E-state index in [0.29, 0.717) is 6.54 Å². The van der Waals surface area contributed by atoms with E-state index in [1.54, 1.807) is 6.07 Å². The molecule has 1 aliphatic heterocycles. The van der Waals surface area contributed by atoms with E-state index >= 15 is 0 Å². The molecule has 1 heterocycles. The minimum atomic E-state index is -3.85. The van der Waals surface area contributed by atoms with Gasteiger partial charge in [-0.2, -0.15) is 9.57 Å². The Balaban J connectivity index is 3.01. The molecule has 1 fully saturated rings. The highest BCUT2D eigenvalue weighted by Crippen LogP contribution is 2.14. The summed E-state index contributed by atoms with van der Waals surface area (Å²) in [4.78, 5) is 10.9. The molecule has 2 unspecified atom stereocenters. The summed E-state index contributed by atoms with van der Waals surface area (Å²) in [6, 6.07) is 0.489. The molecule has 1 aliphatic rings. The van der Waals surface area contributed by atoms with Crippen LogP contribution in [-0.4, -0.2) is 54.7 Å². The molecule has 0 aromatic rings. The van der Waals surface area contributed by atoms with Crippen LogP contribution in [0, 0.1) is 11.3 Å². The molecule has 0 amide bonds. The van der Waals surface area contributed by atoms with Gasteiger partial charge in [-0.1, -0.05) is 0 Å². The number of hydrogen-bond donors (Lipinski definition) is 2. The lowest BCUT2D eigenvalue weighted by Gasteiger charge is -2.32. The van der Waals surface area contributed by atoms with Gasteiger partial charge in [0, 0.05) is 19.6 Å². The molecule has 2 N–H and O–H groups in total. The molecule has 1 saturated heterocycles. The van der Waals surface area contributed by atoms with Gasteiger partial charge in [0.15, 0.2) is 5.25 Å². The molecular weight excluding hydrogens is 234 g/mol. The van der Waals surface area contributed by atoms with Crippen molar-refractivity contribution in [1.82, 2.24) is 9.62 Å². The zero-order valence-electron chi connectivity index (χ0n) is 8.75. The topological polar surface area (TPSA) is 111 Å². The van der Waals surface area contributed by atoms with E-state index in [0.717, 1.165) is 4.31 Å². The van der Waals surface area contributed by atoms with Crippen LogP contribution in [0.4, 0.5) is 0 Å². The number of carbonyl (C=O) groups is 1. The predicted octanol–water partition coefficient (Wildman–Crippen LogP) is -1.41. The molecule has 0 aromatic heterocycles. The third-order valence-electron chi connectivity index (χ3n) is 2.43. The van der Waals surface area contributed by atoms with Gasteiger partial charge in [-0.3, -0.25) is 4.79 Å². The van der Waals surface area contributed by atoms with Gasteiger partial charge in [-0.15, -0.1) is 0 Å². The summed E-state index contributed by atoms with van der Waals surface area (Å²) >= 11 is 0. The molecule has 16 heavy (non-hydrogen) atoms.